The number of hydrogen-bond donors (Lipinski definition) is 2. The highest BCUT2D eigenvalue weighted by Crippen LogP contribution is 2.31. The highest BCUT2D eigenvalue weighted by molar-refractivity contribution is 7.99. The van der Waals surface area contributed by atoms with Crippen LogP contribution in [-0.2, 0) is 12.2 Å². The number of aliphatic hydroxyl groups excluding tert-OH is 1. The summed E-state index contributed by atoms with van der Waals surface area (Å²) >= 11 is 5.12. The summed E-state index contributed by atoms with van der Waals surface area (Å²) in [6, 6.07) is 2.00. The zero-order chi connectivity index (χ0) is 13.8. The van der Waals surface area contributed by atoms with Crippen LogP contribution in [0.5, 0.6) is 0 Å². The molecule has 1 amide bonds. The number of amides is 1. The monoisotopic (exact) mass is 317 g/mol. The standard InChI is InChI=1S/C13H19NO2S3/c1-8(12(6-15)17-2)14-13(16)11-5-9-7-18-4-3-10(9)19-11/h5,8,12,15H,3-4,6-7H2,1-2H3,(H,14,16). The molecule has 2 rings (SSSR count). The van der Waals surface area contributed by atoms with Crippen molar-refractivity contribution in [3.05, 3.63) is 21.4 Å². The average Bonchev–Trinajstić information content (AvgIpc) is 2.84. The van der Waals surface area contributed by atoms with E-state index in [2.05, 4.69) is 5.32 Å². The Morgan fingerprint density at radius 2 is 2.42 bits per heavy atom. The van der Waals surface area contributed by atoms with Crippen LogP contribution in [0.3, 0.4) is 0 Å². The zero-order valence-electron chi connectivity index (χ0n) is 11.1. The third kappa shape index (κ3) is 3.68. The van der Waals surface area contributed by atoms with Gasteiger partial charge in [0.1, 0.15) is 0 Å². The maximum Gasteiger partial charge on any atom is 0.261 e. The molecule has 2 atom stereocenters. The summed E-state index contributed by atoms with van der Waals surface area (Å²) in [6.07, 6.45) is 3.03. The fourth-order valence-electron chi connectivity index (χ4n) is 2.07. The lowest BCUT2D eigenvalue weighted by atomic mass is 10.2. The second kappa shape index (κ2) is 7.02. The minimum Gasteiger partial charge on any atom is -0.395 e. The first-order valence-electron chi connectivity index (χ1n) is 6.29. The summed E-state index contributed by atoms with van der Waals surface area (Å²) in [5.41, 5.74) is 1.32. The van der Waals surface area contributed by atoms with Crippen molar-refractivity contribution in [3.8, 4) is 0 Å². The number of nitrogens with one attached hydrogen (secondary N) is 1. The molecule has 0 spiro atoms. The van der Waals surface area contributed by atoms with E-state index in [1.807, 2.05) is 31.0 Å². The fraction of sp³-hybridized carbons (Fsp3) is 0.615. The molecule has 0 saturated carbocycles. The Morgan fingerprint density at radius 1 is 1.63 bits per heavy atom. The van der Waals surface area contributed by atoms with Crippen LogP contribution in [0.25, 0.3) is 0 Å². The summed E-state index contributed by atoms with van der Waals surface area (Å²) in [7, 11) is 0. The molecule has 2 unspecified atom stereocenters. The van der Waals surface area contributed by atoms with Gasteiger partial charge < -0.3 is 10.4 Å². The lowest BCUT2D eigenvalue weighted by molar-refractivity contribution is 0.0940. The van der Waals surface area contributed by atoms with E-state index < -0.39 is 0 Å². The number of thioether (sulfide) groups is 2. The van der Waals surface area contributed by atoms with Gasteiger partial charge >= 0.3 is 0 Å². The van der Waals surface area contributed by atoms with Crippen molar-refractivity contribution in [3.63, 3.8) is 0 Å². The molecular formula is C13H19NO2S3. The van der Waals surface area contributed by atoms with E-state index in [4.69, 9.17) is 0 Å². The number of aliphatic hydroxyl groups is 1. The number of hydrogen-bond acceptors (Lipinski definition) is 5. The predicted octanol–water partition coefficient (Wildman–Crippen LogP) is 2.38. The van der Waals surface area contributed by atoms with E-state index in [0.717, 1.165) is 22.8 Å². The van der Waals surface area contributed by atoms with Gasteiger partial charge in [0.15, 0.2) is 0 Å². The molecule has 2 N–H and O–H groups in total. The third-order valence-corrected chi connectivity index (χ3v) is 6.66. The molecule has 0 radical (unpaired) electrons. The third-order valence-electron chi connectivity index (χ3n) is 3.25. The van der Waals surface area contributed by atoms with Crippen LogP contribution < -0.4 is 5.32 Å². The van der Waals surface area contributed by atoms with Crippen molar-refractivity contribution in [2.24, 2.45) is 0 Å². The Morgan fingerprint density at radius 3 is 3.05 bits per heavy atom. The molecule has 3 nitrogen and oxygen atoms in total. The van der Waals surface area contributed by atoms with E-state index in [9.17, 15) is 9.90 Å². The van der Waals surface area contributed by atoms with Crippen LogP contribution in [-0.4, -0.2) is 40.9 Å². The van der Waals surface area contributed by atoms with Gasteiger partial charge in [0.25, 0.3) is 5.91 Å². The summed E-state index contributed by atoms with van der Waals surface area (Å²) in [5.74, 6) is 2.17. The molecule has 2 heterocycles. The largest absolute Gasteiger partial charge is 0.395 e. The molecule has 0 fully saturated rings. The lowest BCUT2D eigenvalue weighted by Gasteiger charge is -2.20. The molecule has 1 aromatic rings. The summed E-state index contributed by atoms with van der Waals surface area (Å²) in [5, 5.41) is 12.3. The first kappa shape index (κ1) is 15.2. The van der Waals surface area contributed by atoms with Gasteiger partial charge in [-0.1, -0.05) is 0 Å². The van der Waals surface area contributed by atoms with Crippen molar-refractivity contribution in [2.45, 2.75) is 30.4 Å². The number of carbonyl (C=O) groups is 1. The molecule has 1 aliphatic rings. The fourth-order valence-corrected chi connectivity index (χ4v) is 4.97. The molecule has 0 saturated heterocycles. The number of aryl methyl sites for hydroxylation is 1. The molecule has 106 valence electrons. The molecule has 19 heavy (non-hydrogen) atoms. The van der Waals surface area contributed by atoms with E-state index in [-0.39, 0.29) is 23.8 Å². The predicted molar refractivity (Wildman–Crippen MR) is 85.5 cm³/mol. The number of fused-ring (bicyclic) bond motifs is 1. The van der Waals surface area contributed by atoms with Crippen molar-refractivity contribution in [2.75, 3.05) is 18.6 Å². The van der Waals surface area contributed by atoms with Gasteiger partial charge in [0.05, 0.1) is 11.5 Å². The topological polar surface area (TPSA) is 49.3 Å². The minimum absolute atomic E-state index is 0.00981. The molecule has 0 bridgehead atoms. The molecule has 1 aliphatic heterocycles. The average molecular weight is 318 g/mol. The zero-order valence-corrected chi connectivity index (χ0v) is 13.6. The van der Waals surface area contributed by atoms with Gasteiger partial charge in [-0.25, -0.2) is 0 Å². The molecule has 1 aromatic heterocycles. The number of thiophene rings is 1. The Balaban J connectivity index is 2.01. The maximum atomic E-state index is 12.2. The van der Waals surface area contributed by atoms with Crippen molar-refractivity contribution in [1.82, 2.24) is 5.32 Å². The SMILES string of the molecule is CSC(CO)C(C)NC(=O)c1cc2c(s1)CCSC2. The Hall–Kier alpha value is -0.170. The first-order valence-corrected chi connectivity index (χ1v) is 9.55. The van der Waals surface area contributed by atoms with E-state index in [0.29, 0.717) is 0 Å². The second-order valence-corrected chi connectivity index (χ2v) is 7.90. The van der Waals surface area contributed by atoms with E-state index in [1.54, 1.807) is 23.1 Å². The highest BCUT2D eigenvalue weighted by atomic mass is 32.2. The van der Waals surface area contributed by atoms with Gasteiger partial charge in [-0.15, -0.1) is 11.3 Å². The van der Waals surface area contributed by atoms with E-state index >= 15 is 0 Å². The summed E-state index contributed by atoms with van der Waals surface area (Å²) in [4.78, 5) is 14.4. The first-order chi connectivity index (χ1) is 9.15. The summed E-state index contributed by atoms with van der Waals surface area (Å²) in [6.45, 7) is 2.03. The Bertz CT molecular complexity index is 420. The number of carbonyl (C=O) groups excluding carboxylic acids is 1. The van der Waals surface area contributed by atoms with E-state index in [1.165, 1.54) is 10.4 Å². The Kier molecular flexibility index (Phi) is 5.62. The number of rotatable bonds is 5. The van der Waals surface area contributed by atoms with Crippen LogP contribution in [0, 0.1) is 0 Å². The molecular weight excluding hydrogens is 298 g/mol. The van der Waals surface area contributed by atoms with Gasteiger partial charge in [-0.05, 0) is 37.0 Å². The van der Waals surface area contributed by atoms with Crippen molar-refractivity contribution < 1.29 is 9.90 Å². The van der Waals surface area contributed by atoms with Crippen LogP contribution in [0.4, 0.5) is 0 Å². The van der Waals surface area contributed by atoms with Crippen molar-refractivity contribution >= 4 is 40.8 Å². The lowest BCUT2D eigenvalue weighted by Crippen LogP contribution is -2.40. The van der Waals surface area contributed by atoms with Gasteiger partial charge in [-0.3, -0.25) is 4.79 Å². The van der Waals surface area contributed by atoms with Crippen LogP contribution in [0.1, 0.15) is 27.0 Å². The minimum atomic E-state index is -0.0268. The smallest absolute Gasteiger partial charge is 0.261 e. The van der Waals surface area contributed by atoms with Gasteiger partial charge in [0, 0.05) is 21.9 Å². The van der Waals surface area contributed by atoms with Gasteiger partial charge in [-0.2, -0.15) is 23.5 Å². The molecule has 6 heteroatoms. The molecule has 0 aromatic carbocycles. The molecule has 0 aliphatic carbocycles. The quantitative estimate of drug-likeness (QED) is 0.875. The van der Waals surface area contributed by atoms with Crippen molar-refractivity contribution in [1.29, 1.82) is 0 Å². The van der Waals surface area contributed by atoms with Crippen LogP contribution in [0.15, 0.2) is 6.07 Å². The Labute approximate surface area is 126 Å². The van der Waals surface area contributed by atoms with Crippen LogP contribution in [0.2, 0.25) is 0 Å². The van der Waals surface area contributed by atoms with Gasteiger partial charge in [0.2, 0.25) is 0 Å². The van der Waals surface area contributed by atoms with Crippen LogP contribution >= 0.6 is 34.9 Å². The maximum absolute atomic E-state index is 12.2. The second-order valence-electron chi connectivity index (χ2n) is 4.58. The normalized spacial score (nSPS) is 17.6. The highest BCUT2D eigenvalue weighted by Gasteiger charge is 2.21. The summed E-state index contributed by atoms with van der Waals surface area (Å²) < 4.78 is 0.